The number of nitro groups is 1. The van der Waals surface area contributed by atoms with E-state index >= 15 is 0 Å². The largest absolute Gasteiger partial charge is 0.361 e. The Morgan fingerprint density at radius 3 is 2.53 bits per heavy atom. The van der Waals surface area contributed by atoms with Crippen LogP contribution in [0.15, 0.2) is 70.4 Å². The third kappa shape index (κ3) is 3.11. The number of H-pyrrole nitrogens is 2. The fourth-order valence-corrected chi connectivity index (χ4v) is 4.16. The summed E-state index contributed by atoms with van der Waals surface area (Å²) in [4.78, 5) is 39.5. The lowest BCUT2D eigenvalue weighted by Gasteiger charge is -2.09. The molecule has 9 heteroatoms. The lowest BCUT2D eigenvalue weighted by molar-refractivity contribution is -0.384. The molecule has 0 aliphatic heterocycles. The molecule has 2 N–H and O–H groups in total. The standard InChI is InChI=1S/C23H19N5O4/c1-14-22-20(25-27(23(22)30)16-6-8-17(9-7-16)28(31)32)12-21(29)26(14)11-10-15-13-24-19-5-3-2-4-18(15)19/h2-9,12-13,24-25H,10-11H2,1H3. The second-order valence-corrected chi connectivity index (χ2v) is 7.64. The molecule has 5 aromatic rings. The van der Waals surface area contributed by atoms with Gasteiger partial charge >= 0.3 is 0 Å². The number of nitro benzene ring substituents is 1. The summed E-state index contributed by atoms with van der Waals surface area (Å²) in [6, 6.07) is 15.1. The minimum Gasteiger partial charge on any atom is -0.361 e. The number of nitrogens with one attached hydrogen (secondary N) is 2. The molecule has 32 heavy (non-hydrogen) atoms. The van der Waals surface area contributed by atoms with E-state index < -0.39 is 4.92 Å². The molecule has 0 spiro atoms. The van der Waals surface area contributed by atoms with Crippen LogP contribution in [-0.2, 0) is 13.0 Å². The number of hydrogen-bond acceptors (Lipinski definition) is 4. The second-order valence-electron chi connectivity index (χ2n) is 7.64. The van der Waals surface area contributed by atoms with E-state index in [1.807, 2.05) is 30.5 Å². The fraction of sp³-hybridized carbons (Fsp3) is 0.130. The third-order valence-corrected chi connectivity index (χ3v) is 5.82. The van der Waals surface area contributed by atoms with Crippen LogP contribution in [0.3, 0.4) is 0 Å². The van der Waals surface area contributed by atoms with Crippen molar-refractivity contribution in [1.82, 2.24) is 19.3 Å². The van der Waals surface area contributed by atoms with Crippen molar-refractivity contribution in [2.45, 2.75) is 19.9 Å². The van der Waals surface area contributed by atoms with Crippen molar-refractivity contribution in [3.8, 4) is 5.69 Å². The van der Waals surface area contributed by atoms with Crippen LogP contribution in [0.25, 0.3) is 27.5 Å². The van der Waals surface area contributed by atoms with E-state index in [1.165, 1.54) is 35.0 Å². The van der Waals surface area contributed by atoms with Crippen molar-refractivity contribution in [2.24, 2.45) is 0 Å². The number of pyridine rings is 1. The zero-order valence-electron chi connectivity index (χ0n) is 17.2. The number of nitrogens with zero attached hydrogens (tertiary/aromatic N) is 3. The van der Waals surface area contributed by atoms with Gasteiger partial charge in [0.1, 0.15) is 0 Å². The van der Waals surface area contributed by atoms with Crippen molar-refractivity contribution in [3.63, 3.8) is 0 Å². The van der Waals surface area contributed by atoms with E-state index in [0.717, 1.165) is 16.5 Å². The number of hydrogen-bond donors (Lipinski definition) is 2. The molecular weight excluding hydrogens is 410 g/mol. The van der Waals surface area contributed by atoms with E-state index in [0.29, 0.717) is 35.2 Å². The van der Waals surface area contributed by atoms with Gasteiger partial charge in [-0.15, -0.1) is 0 Å². The molecule has 5 rings (SSSR count). The van der Waals surface area contributed by atoms with Crippen molar-refractivity contribution in [3.05, 3.63) is 103 Å². The van der Waals surface area contributed by atoms with Gasteiger partial charge in [-0.3, -0.25) is 24.8 Å². The van der Waals surface area contributed by atoms with Crippen LogP contribution in [-0.4, -0.2) is 24.3 Å². The molecule has 3 aromatic heterocycles. The van der Waals surface area contributed by atoms with Crippen LogP contribution in [0.1, 0.15) is 11.3 Å². The van der Waals surface area contributed by atoms with Gasteiger partial charge in [0, 0.05) is 47.5 Å². The van der Waals surface area contributed by atoms with Gasteiger partial charge in [0.25, 0.3) is 16.8 Å². The summed E-state index contributed by atoms with van der Waals surface area (Å²) in [7, 11) is 0. The minimum atomic E-state index is -0.498. The molecule has 3 heterocycles. The maximum Gasteiger partial charge on any atom is 0.280 e. The van der Waals surface area contributed by atoms with Crippen LogP contribution >= 0.6 is 0 Å². The zero-order valence-corrected chi connectivity index (χ0v) is 17.2. The Kier molecular flexibility index (Phi) is 4.51. The highest BCUT2D eigenvalue weighted by Gasteiger charge is 2.16. The van der Waals surface area contributed by atoms with Crippen molar-refractivity contribution >= 4 is 27.5 Å². The Balaban J connectivity index is 1.54. The van der Waals surface area contributed by atoms with Crippen LogP contribution in [0, 0.1) is 17.0 Å². The first kappa shape index (κ1) is 19.6. The first-order valence-corrected chi connectivity index (χ1v) is 10.1. The van der Waals surface area contributed by atoms with Crippen LogP contribution in [0.4, 0.5) is 5.69 Å². The normalized spacial score (nSPS) is 11.4. The second kappa shape index (κ2) is 7.38. The van der Waals surface area contributed by atoms with Gasteiger partial charge in [-0.1, -0.05) is 18.2 Å². The van der Waals surface area contributed by atoms with E-state index in [9.17, 15) is 19.7 Å². The summed E-state index contributed by atoms with van der Waals surface area (Å²) >= 11 is 0. The van der Waals surface area contributed by atoms with E-state index in [-0.39, 0.29) is 16.8 Å². The topological polar surface area (TPSA) is 119 Å². The van der Waals surface area contributed by atoms with E-state index in [1.54, 1.807) is 11.5 Å². The Labute approximate surface area is 180 Å². The van der Waals surface area contributed by atoms with E-state index in [4.69, 9.17) is 0 Å². The van der Waals surface area contributed by atoms with Crippen molar-refractivity contribution in [1.29, 1.82) is 0 Å². The first-order chi connectivity index (χ1) is 15.4. The molecular formula is C23H19N5O4. The van der Waals surface area contributed by atoms with Gasteiger partial charge in [0.2, 0.25) is 0 Å². The summed E-state index contributed by atoms with van der Waals surface area (Å²) in [5.41, 5.74) is 3.02. The summed E-state index contributed by atoms with van der Waals surface area (Å²) in [6.07, 6.45) is 2.58. The van der Waals surface area contributed by atoms with Crippen LogP contribution < -0.4 is 11.1 Å². The number of para-hydroxylation sites is 1. The minimum absolute atomic E-state index is 0.0638. The molecule has 0 unspecified atom stereocenters. The Hall–Kier alpha value is -4.40. The van der Waals surface area contributed by atoms with E-state index in [2.05, 4.69) is 10.1 Å². The maximum atomic E-state index is 13.1. The number of aromatic amines is 2. The molecule has 9 nitrogen and oxygen atoms in total. The summed E-state index contributed by atoms with van der Waals surface area (Å²) in [5.74, 6) is 0. The predicted molar refractivity (Wildman–Crippen MR) is 122 cm³/mol. The first-order valence-electron chi connectivity index (χ1n) is 10.1. The molecule has 0 bridgehead atoms. The van der Waals surface area contributed by atoms with Gasteiger partial charge in [0.05, 0.1) is 21.5 Å². The Bertz CT molecular complexity index is 1600. The van der Waals surface area contributed by atoms with Gasteiger partial charge in [-0.2, -0.15) is 0 Å². The quantitative estimate of drug-likeness (QED) is 0.329. The predicted octanol–water partition coefficient (Wildman–Crippen LogP) is 3.42. The Morgan fingerprint density at radius 1 is 1.03 bits per heavy atom. The molecule has 0 saturated carbocycles. The lowest BCUT2D eigenvalue weighted by atomic mass is 10.1. The molecule has 160 valence electrons. The average molecular weight is 429 g/mol. The number of benzene rings is 2. The Morgan fingerprint density at radius 2 is 1.78 bits per heavy atom. The summed E-state index contributed by atoms with van der Waals surface area (Å²) in [5, 5.41) is 15.4. The molecule has 0 atom stereocenters. The van der Waals surface area contributed by atoms with Crippen molar-refractivity contribution < 1.29 is 4.92 Å². The lowest BCUT2D eigenvalue weighted by Crippen LogP contribution is -2.24. The van der Waals surface area contributed by atoms with Gasteiger partial charge in [-0.05, 0) is 37.1 Å². The summed E-state index contributed by atoms with van der Waals surface area (Å²) in [6.45, 7) is 2.19. The maximum absolute atomic E-state index is 13.1. The average Bonchev–Trinajstić information content (AvgIpc) is 3.34. The molecule has 0 radical (unpaired) electrons. The highest BCUT2D eigenvalue weighted by molar-refractivity contribution is 5.83. The number of non-ortho nitro benzene ring substituents is 1. The molecule has 0 aliphatic carbocycles. The van der Waals surface area contributed by atoms with Crippen LogP contribution in [0.2, 0.25) is 0 Å². The van der Waals surface area contributed by atoms with Gasteiger partial charge in [0.15, 0.2) is 0 Å². The van der Waals surface area contributed by atoms with Gasteiger partial charge < -0.3 is 9.55 Å². The molecule has 0 amide bonds. The number of aromatic nitrogens is 4. The fourth-order valence-electron chi connectivity index (χ4n) is 4.16. The van der Waals surface area contributed by atoms with Crippen LogP contribution in [0.5, 0.6) is 0 Å². The number of aryl methyl sites for hydroxylation is 2. The highest BCUT2D eigenvalue weighted by Crippen LogP contribution is 2.20. The molecule has 0 aliphatic rings. The third-order valence-electron chi connectivity index (χ3n) is 5.82. The molecule has 2 aromatic carbocycles. The highest BCUT2D eigenvalue weighted by atomic mass is 16.6. The van der Waals surface area contributed by atoms with Gasteiger partial charge in [-0.25, -0.2) is 4.68 Å². The SMILES string of the molecule is Cc1c2c(=O)n(-c3ccc([N+](=O)[O-])cc3)[nH]c2cc(=O)n1CCc1c[nH]c2ccccc12. The molecule has 0 fully saturated rings. The zero-order chi connectivity index (χ0) is 22.4. The monoisotopic (exact) mass is 429 g/mol. The summed E-state index contributed by atoms with van der Waals surface area (Å²) < 4.78 is 2.91. The number of fused-ring (bicyclic) bond motifs is 2. The molecule has 0 saturated heterocycles. The smallest absolute Gasteiger partial charge is 0.280 e. The number of rotatable bonds is 5. The van der Waals surface area contributed by atoms with Crippen molar-refractivity contribution in [2.75, 3.05) is 0 Å².